The number of aromatic nitrogens is 5. The third kappa shape index (κ3) is 4.89. The van der Waals surface area contributed by atoms with Gasteiger partial charge in [0, 0.05) is 42.6 Å². The van der Waals surface area contributed by atoms with Gasteiger partial charge in [0.15, 0.2) is 0 Å². The number of pyridine rings is 1. The Morgan fingerprint density at radius 2 is 1.70 bits per heavy atom. The highest BCUT2D eigenvalue weighted by Gasteiger charge is 2.24. The van der Waals surface area contributed by atoms with Gasteiger partial charge >= 0.3 is 5.97 Å². The van der Waals surface area contributed by atoms with E-state index in [4.69, 9.17) is 15.1 Å². The maximum Gasteiger partial charge on any atom is 0.303 e. The Kier molecular flexibility index (Phi) is 6.04. The smallest absolute Gasteiger partial charge is 0.303 e. The summed E-state index contributed by atoms with van der Waals surface area (Å²) in [5, 5.41) is 13.3. The molecular formula is C30H29N5O2. The van der Waals surface area contributed by atoms with Gasteiger partial charge in [0.05, 0.1) is 22.9 Å². The number of aromatic amines is 1. The van der Waals surface area contributed by atoms with Gasteiger partial charge in [0.25, 0.3) is 0 Å². The number of benzene rings is 2. The summed E-state index contributed by atoms with van der Waals surface area (Å²) < 4.78 is 1.80. The summed E-state index contributed by atoms with van der Waals surface area (Å²) in [6.07, 6.45) is 10.1. The Hall–Kier alpha value is -4.26. The third-order valence-electron chi connectivity index (χ3n) is 7.54. The highest BCUT2D eigenvalue weighted by molar-refractivity contribution is 5.84. The number of carboxylic acid groups (broad SMARTS) is 1. The molecular weight excluding hydrogens is 462 g/mol. The number of hydrogen-bond acceptors (Lipinski definition) is 4. The van der Waals surface area contributed by atoms with Crippen LogP contribution in [-0.2, 0) is 11.8 Å². The number of carboxylic acids is 1. The zero-order valence-corrected chi connectivity index (χ0v) is 20.8. The lowest BCUT2D eigenvalue weighted by molar-refractivity contribution is -0.138. The lowest BCUT2D eigenvalue weighted by Crippen LogP contribution is -2.16. The van der Waals surface area contributed by atoms with Crippen LogP contribution in [0, 0.1) is 5.92 Å². The molecule has 1 aliphatic carbocycles. The molecule has 2 aromatic carbocycles. The second-order valence-electron chi connectivity index (χ2n) is 10.1. The van der Waals surface area contributed by atoms with Gasteiger partial charge in [-0.1, -0.05) is 30.3 Å². The van der Waals surface area contributed by atoms with Gasteiger partial charge in [-0.05, 0) is 72.9 Å². The largest absolute Gasteiger partial charge is 0.481 e. The normalized spacial score (nSPS) is 17.8. The van der Waals surface area contributed by atoms with E-state index in [0.717, 1.165) is 70.5 Å². The summed E-state index contributed by atoms with van der Waals surface area (Å²) in [5.74, 6) is 0.958. The minimum absolute atomic E-state index is 0.299. The molecule has 0 radical (unpaired) electrons. The fourth-order valence-electron chi connectivity index (χ4n) is 5.47. The number of nitrogens with one attached hydrogen (secondary N) is 1. The Morgan fingerprint density at radius 3 is 2.38 bits per heavy atom. The summed E-state index contributed by atoms with van der Waals surface area (Å²) >= 11 is 0. The molecule has 2 N–H and O–H groups in total. The lowest BCUT2D eigenvalue weighted by Gasteiger charge is -2.28. The van der Waals surface area contributed by atoms with Crippen LogP contribution in [0.1, 0.15) is 43.6 Å². The quantitative estimate of drug-likeness (QED) is 0.285. The second-order valence-corrected chi connectivity index (χ2v) is 10.1. The number of imidazole rings is 1. The molecule has 0 atom stereocenters. The Bertz CT molecular complexity index is 1540. The zero-order valence-electron chi connectivity index (χ0n) is 20.8. The zero-order chi connectivity index (χ0) is 25.4. The number of nitrogens with zero attached hydrogens (tertiary/aromatic N) is 4. The maximum atomic E-state index is 11.0. The van der Waals surface area contributed by atoms with E-state index in [0.29, 0.717) is 18.3 Å². The first-order valence-electron chi connectivity index (χ1n) is 12.8. The first-order chi connectivity index (χ1) is 18.0. The van der Waals surface area contributed by atoms with Crippen LogP contribution >= 0.6 is 0 Å². The van der Waals surface area contributed by atoms with Crippen LogP contribution in [0.5, 0.6) is 0 Å². The summed E-state index contributed by atoms with van der Waals surface area (Å²) in [6.45, 7) is 0. The van der Waals surface area contributed by atoms with Gasteiger partial charge in [-0.3, -0.25) is 14.5 Å². The lowest BCUT2D eigenvalue weighted by atomic mass is 9.77. The van der Waals surface area contributed by atoms with Crippen LogP contribution in [-0.4, -0.2) is 35.8 Å². The van der Waals surface area contributed by atoms with Crippen LogP contribution in [0.25, 0.3) is 44.8 Å². The van der Waals surface area contributed by atoms with Crippen LogP contribution in [0.4, 0.5) is 0 Å². The maximum absolute atomic E-state index is 11.0. The van der Waals surface area contributed by atoms with Gasteiger partial charge in [-0.25, -0.2) is 4.98 Å². The van der Waals surface area contributed by atoms with Crippen LogP contribution in [0.3, 0.4) is 0 Å². The summed E-state index contributed by atoms with van der Waals surface area (Å²) in [5.41, 5.74) is 8.35. The van der Waals surface area contributed by atoms with E-state index in [1.165, 1.54) is 5.56 Å². The number of rotatable bonds is 6. The van der Waals surface area contributed by atoms with Crippen LogP contribution < -0.4 is 0 Å². The predicted octanol–water partition coefficient (Wildman–Crippen LogP) is 6.44. The van der Waals surface area contributed by atoms with Crippen molar-refractivity contribution >= 4 is 17.0 Å². The Balaban J connectivity index is 1.15. The predicted molar refractivity (Wildman–Crippen MR) is 144 cm³/mol. The molecule has 5 aromatic rings. The highest BCUT2D eigenvalue weighted by atomic mass is 16.4. The summed E-state index contributed by atoms with van der Waals surface area (Å²) in [7, 11) is 1.92. The molecule has 0 saturated heterocycles. The van der Waals surface area contributed by atoms with Crippen molar-refractivity contribution in [2.24, 2.45) is 13.0 Å². The first kappa shape index (κ1) is 23.2. The number of H-pyrrole nitrogens is 1. The molecule has 3 aromatic heterocycles. The van der Waals surface area contributed by atoms with Crippen molar-refractivity contribution in [2.45, 2.75) is 38.0 Å². The van der Waals surface area contributed by atoms with E-state index in [1.54, 1.807) is 4.68 Å². The standard InChI is InChI=1S/C30H29N5O2/c1-35-18-25(17-32-35)23-10-13-27-28(15-23)34-30(33-27)24-11-12-26(31-16-24)22-8-6-21(7-9-22)20-4-2-19(3-5-20)14-29(36)37/h6-13,15-20H,2-5,14H2,1H3,(H,33,34)(H,36,37). The van der Waals surface area contributed by atoms with Crippen molar-refractivity contribution < 1.29 is 9.90 Å². The number of aliphatic carboxylic acids is 1. The van der Waals surface area contributed by atoms with Crippen LogP contribution in [0.15, 0.2) is 73.2 Å². The van der Waals surface area contributed by atoms with Crippen molar-refractivity contribution in [3.8, 4) is 33.8 Å². The van der Waals surface area contributed by atoms with Gasteiger partial charge in [0.2, 0.25) is 0 Å². The molecule has 37 heavy (non-hydrogen) atoms. The topological polar surface area (TPSA) is 96.7 Å². The van der Waals surface area contributed by atoms with Crippen LogP contribution in [0.2, 0.25) is 0 Å². The monoisotopic (exact) mass is 491 g/mol. The van der Waals surface area contributed by atoms with Gasteiger partial charge in [-0.2, -0.15) is 5.10 Å². The summed E-state index contributed by atoms with van der Waals surface area (Å²) in [4.78, 5) is 23.9. The van der Waals surface area contributed by atoms with E-state index in [-0.39, 0.29) is 0 Å². The van der Waals surface area contributed by atoms with Gasteiger partial charge < -0.3 is 10.1 Å². The average Bonchev–Trinajstić information content (AvgIpc) is 3.55. The summed E-state index contributed by atoms with van der Waals surface area (Å²) in [6, 6.07) is 19.0. The third-order valence-corrected chi connectivity index (χ3v) is 7.54. The van der Waals surface area contributed by atoms with Gasteiger partial charge in [-0.15, -0.1) is 0 Å². The van der Waals surface area contributed by atoms with E-state index in [1.807, 2.05) is 37.8 Å². The minimum Gasteiger partial charge on any atom is -0.481 e. The SMILES string of the molecule is Cn1cc(-c2ccc3nc(-c4ccc(-c5ccc(C6CCC(CC(=O)O)CC6)cc5)nc4)[nH]c3c2)cn1. The molecule has 0 unspecified atom stereocenters. The molecule has 186 valence electrons. The molecule has 1 aliphatic rings. The minimum atomic E-state index is -0.679. The first-order valence-corrected chi connectivity index (χ1v) is 12.8. The van der Waals surface area contributed by atoms with E-state index >= 15 is 0 Å². The molecule has 7 heteroatoms. The molecule has 6 rings (SSSR count). The van der Waals surface area contributed by atoms with Crippen molar-refractivity contribution in [2.75, 3.05) is 0 Å². The number of hydrogen-bond donors (Lipinski definition) is 2. The van der Waals surface area contributed by atoms with Crippen molar-refractivity contribution in [1.29, 1.82) is 0 Å². The van der Waals surface area contributed by atoms with Crippen molar-refractivity contribution in [3.05, 3.63) is 78.8 Å². The van der Waals surface area contributed by atoms with Crippen molar-refractivity contribution in [3.63, 3.8) is 0 Å². The Morgan fingerprint density at radius 1 is 0.946 bits per heavy atom. The number of aryl methyl sites for hydroxylation is 1. The van der Waals surface area contributed by atoms with E-state index < -0.39 is 5.97 Å². The highest BCUT2D eigenvalue weighted by Crippen LogP contribution is 2.37. The van der Waals surface area contributed by atoms with Gasteiger partial charge in [0.1, 0.15) is 5.82 Å². The molecule has 3 heterocycles. The molecule has 7 nitrogen and oxygen atoms in total. The Labute approximate surface area is 215 Å². The molecule has 1 saturated carbocycles. The fraction of sp³-hybridized carbons (Fsp3) is 0.267. The molecule has 0 bridgehead atoms. The fourth-order valence-corrected chi connectivity index (χ4v) is 5.47. The average molecular weight is 492 g/mol. The molecule has 1 fully saturated rings. The van der Waals surface area contributed by atoms with Crippen molar-refractivity contribution in [1.82, 2.24) is 24.7 Å². The molecule has 0 aliphatic heterocycles. The number of fused-ring (bicyclic) bond motifs is 1. The molecule has 0 amide bonds. The van der Waals surface area contributed by atoms with E-state index in [9.17, 15) is 4.79 Å². The second kappa shape index (κ2) is 9.65. The number of carbonyl (C=O) groups is 1. The van der Waals surface area contributed by atoms with E-state index in [2.05, 4.69) is 52.5 Å². The molecule has 0 spiro atoms.